The molecule has 4 rings (SSSR count). The van der Waals surface area contributed by atoms with E-state index in [1.807, 2.05) is 0 Å². The van der Waals surface area contributed by atoms with Crippen LogP contribution in [0.15, 0.2) is 36.7 Å². The van der Waals surface area contributed by atoms with E-state index < -0.39 is 0 Å². The molecule has 1 aliphatic rings. The van der Waals surface area contributed by atoms with Gasteiger partial charge in [0, 0.05) is 54.5 Å². The normalized spacial score (nSPS) is 13.4. The highest BCUT2D eigenvalue weighted by Gasteiger charge is 2.26. The van der Waals surface area contributed by atoms with Crippen molar-refractivity contribution in [1.82, 2.24) is 9.97 Å². The van der Waals surface area contributed by atoms with Gasteiger partial charge in [-0.05, 0) is 37.3 Å². The van der Waals surface area contributed by atoms with Gasteiger partial charge in [-0.25, -0.2) is 9.37 Å². The number of rotatable bonds is 9. The molecule has 0 saturated heterocycles. The smallest absolute Gasteiger partial charge is 0.213 e. The predicted octanol–water partition coefficient (Wildman–Crippen LogP) is 5.64. The second-order valence-corrected chi connectivity index (χ2v) is 7.80. The van der Waals surface area contributed by atoms with E-state index in [1.165, 1.54) is 6.07 Å². The second-order valence-electron chi connectivity index (χ2n) is 7.80. The Morgan fingerprint density at radius 2 is 2.07 bits per heavy atom. The molecule has 0 spiro atoms. The summed E-state index contributed by atoms with van der Waals surface area (Å²) in [5, 5.41) is 3.85. The average molecular weight is 407 g/mol. The highest BCUT2D eigenvalue weighted by Crippen LogP contribution is 2.37. The van der Waals surface area contributed by atoms with Crippen LogP contribution >= 0.6 is 0 Å². The van der Waals surface area contributed by atoms with Crippen molar-refractivity contribution in [3.8, 4) is 17.0 Å². The zero-order valence-corrected chi connectivity index (χ0v) is 17.4. The molecule has 30 heavy (non-hydrogen) atoms. The van der Waals surface area contributed by atoms with Crippen LogP contribution in [0.1, 0.15) is 49.4 Å². The number of ketones is 1. The molecule has 6 heteroatoms. The number of carbonyl (C=O) groups excluding carboxylic acids is 1. The van der Waals surface area contributed by atoms with Gasteiger partial charge in [-0.3, -0.25) is 9.78 Å². The maximum absolute atomic E-state index is 14.8. The van der Waals surface area contributed by atoms with Crippen LogP contribution in [-0.4, -0.2) is 29.4 Å². The maximum atomic E-state index is 14.8. The highest BCUT2D eigenvalue weighted by molar-refractivity contribution is 6.08. The van der Waals surface area contributed by atoms with Crippen molar-refractivity contribution in [2.45, 2.75) is 39.0 Å². The molecule has 2 heterocycles. The zero-order chi connectivity index (χ0) is 21.1. The van der Waals surface area contributed by atoms with Gasteiger partial charge in [0.05, 0.1) is 23.4 Å². The summed E-state index contributed by atoms with van der Waals surface area (Å²) in [5.41, 5.74) is 2.83. The molecule has 1 N–H and O–H groups in total. The Morgan fingerprint density at radius 3 is 2.73 bits per heavy atom. The number of ether oxygens (including phenoxy) is 1. The van der Waals surface area contributed by atoms with E-state index in [1.54, 1.807) is 37.6 Å². The average Bonchev–Trinajstić information content (AvgIpc) is 3.57. The first-order valence-corrected chi connectivity index (χ1v) is 10.5. The number of unbranched alkanes of at least 4 members (excludes halogenated alkanes) is 1. The summed E-state index contributed by atoms with van der Waals surface area (Å²) >= 11 is 0. The molecular formula is C24H26FN3O2. The first-order chi connectivity index (χ1) is 14.6. The molecule has 1 aliphatic carbocycles. The number of hydrogen-bond acceptors (Lipinski definition) is 5. The molecule has 1 fully saturated rings. The maximum Gasteiger partial charge on any atom is 0.213 e. The molecule has 1 aromatic carbocycles. The van der Waals surface area contributed by atoms with Crippen LogP contribution in [0.25, 0.3) is 22.0 Å². The lowest BCUT2D eigenvalue weighted by atomic mass is 9.99. The fourth-order valence-corrected chi connectivity index (χ4v) is 3.56. The number of nitrogens with one attached hydrogen (secondary N) is 1. The zero-order valence-electron chi connectivity index (χ0n) is 17.4. The summed E-state index contributed by atoms with van der Waals surface area (Å²) in [6, 6.07) is 6.70. The molecule has 2 aromatic heterocycles. The summed E-state index contributed by atoms with van der Waals surface area (Å²) in [7, 11) is 1.77. The molecule has 5 nitrogen and oxygen atoms in total. The fraction of sp³-hybridized carbons (Fsp3) is 0.375. The van der Waals surface area contributed by atoms with E-state index in [0.29, 0.717) is 52.7 Å². The number of carbonyl (C=O) groups is 1. The quantitative estimate of drug-likeness (QED) is 0.367. The number of fused-ring (bicyclic) bond motifs is 1. The van der Waals surface area contributed by atoms with Gasteiger partial charge in [0.2, 0.25) is 5.88 Å². The van der Waals surface area contributed by atoms with Gasteiger partial charge in [0.25, 0.3) is 0 Å². The third-order valence-corrected chi connectivity index (χ3v) is 5.47. The highest BCUT2D eigenvalue weighted by atomic mass is 19.1. The van der Waals surface area contributed by atoms with Gasteiger partial charge in [-0.1, -0.05) is 13.3 Å². The number of Topliss-reactive ketones (excluding diaryl/α,β-unsaturated/α-hetero) is 1. The molecular weight excluding hydrogens is 381 g/mol. The minimum atomic E-state index is -0.379. The number of anilines is 1. The van der Waals surface area contributed by atoms with Crippen LogP contribution in [0, 0.1) is 11.7 Å². The number of pyridine rings is 2. The minimum absolute atomic E-state index is 0.0809. The minimum Gasteiger partial charge on any atom is -0.478 e. The molecule has 1 saturated carbocycles. The molecule has 0 radical (unpaired) electrons. The van der Waals surface area contributed by atoms with Crippen LogP contribution in [0.5, 0.6) is 5.88 Å². The van der Waals surface area contributed by atoms with E-state index in [9.17, 15) is 9.18 Å². The van der Waals surface area contributed by atoms with E-state index in [0.717, 1.165) is 31.1 Å². The number of aromatic nitrogens is 2. The third-order valence-electron chi connectivity index (χ3n) is 5.47. The molecule has 0 amide bonds. The summed E-state index contributed by atoms with van der Waals surface area (Å²) in [6.07, 6.45) is 7.95. The Balaban J connectivity index is 1.69. The van der Waals surface area contributed by atoms with Crippen molar-refractivity contribution >= 4 is 22.4 Å². The Bertz CT molecular complexity index is 1060. The second kappa shape index (κ2) is 8.78. The van der Waals surface area contributed by atoms with E-state index in [4.69, 9.17) is 4.74 Å². The molecule has 156 valence electrons. The SMILES string of the molecule is CCCCOc1ccc(-c2cc3c(NC)c(C(=O)CC4CC4)cnc3cc2F)cn1. The molecule has 3 aromatic rings. The fourth-order valence-electron chi connectivity index (χ4n) is 3.56. The van der Waals surface area contributed by atoms with E-state index >= 15 is 0 Å². The van der Waals surface area contributed by atoms with Gasteiger partial charge in [-0.15, -0.1) is 0 Å². The van der Waals surface area contributed by atoms with Crippen LogP contribution in [0.2, 0.25) is 0 Å². The van der Waals surface area contributed by atoms with Crippen LogP contribution in [0.3, 0.4) is 0 Å². The topological polar surface area (TPSA) is 64.1 Å². The lowest BCUT2D eigenvalue weighted by molar-refractivity contribution is 0.0976. The van der Waals surface area contributed by atoms with Crippen molar-refractivity contribution < 1.29 is 13.9 Å². The Labute approximate surface area is 175 Å². The van der Waals surface area contributed by atoms with Crippen LogP contribution in [-0.2, 0) is 0 Å². The number of hydrogen-bond donors (Lipinski definition) is 1. The van der Waals surface area contributed by atoms with Crippen molar-refractivity contribution in [2.75, 3.05) is 19.0 Å². The summed E-state index contributed by atoms with van der Waals surface area (Å²) in [4.78, 5) is 21.4. The molecule has 0 aliphatic heterocycles. The molecule has 0 atom stereocenters. The number of nitrogens with zero attached hydrogens (tertiary/aromatic N) is 2. The standard InChI is InChI=1S/C24H26FN3O2/c1-3-4-9-30-23-8-7-16(13-28-23)17-11-18-21(12-20(17)25)27-14-19(24(18)26-2)22(29)10-15-5-6-15/h7-8,11-15H,3-6,9-10H2,1-2H3,(H,26,27). The van der Waals surface area contributed by atoms with Crippen molar-refractivity contribution in [1.29, 1.82) is 0 Å². The summed E-state index contributed by atoms with van der Waals surface area (Å²) < 4.78 is 20.4. The molecule has 0 unspecified atom stereocenters. The monoisotopic (exact) mass is 407 g/mol. The number of halogens is 1. The third kappa shape index (κ3) is 4.27. The molecule has 0 bridgehead atoms. The van der Waals surface area contributed by atoms with Crippen molar-refractivity contribution in [3.63, 3.8) is 0 Å². The van der Waals surface area contributed by atoms with E-state index in [-0.39, 0.29) is 11.6 Å². The summed E-state index contributed by atoms with van der Waals surface area (Å²) in [5.74, 6) is 0.720. The van der Waals surface area contributed by atoms with Gasteiger partial charge in [0.15, 0.2) is 5.78 Å². The predicted molar refractivity (Wildman–Crippen MR) is 117 cm³/mol. The number of benzene rings is 1. The van der Waals surface area contributed by atoms with Gasteiger partial charge in [-0.2, -0.15) is 0 Å². The lowest BCUT2D eigenvalue weighted by Crippen LogP contribution is -2.07. The van der Waals surface area contributed by atoms with Crippen LogP contribution < -0.4 is 10.1 Å². The summed E-state index contributed by atoms with van der Waals surface area (Å²) in [6.45, 7) is 2.71. The van der Waals surface area contributed by atoms with Gasteiger partial charge in [0.1, 0.15) is 5.82 Å². The largest absolute Gasteiger partial charge is 0.478 e. The van der Waals surface area contributed by atoms with Gasteiger partial charge >= 0.3 is 0 Å². The van der Waals surface area contributed by atoms with Gasteiger partial charge < -0.3 is 10.1 Å². The Hall–Kier alpha value is -3.02. The van der Waals surface area contributed by atoms with Crippen molar-refractivity contribution in [2.24, 2.45) is 5.92 Å². The first-order valence-electron chi connectivity index (χ1n) is 10.5. The lowest BCUT2D eigenvalue weighted by Gasteiger charge is -2.13. The Morgan fingerprint density at radius 1 is 1.23 bits per heavy atom. The van der Waals surface area contributed by atoms with Crippen molar-refractivity contribution in [3.05, 3.63) is 48.0 Å². The Kier molecular flexibility index (Phi) is 5.93. The first kappa shape index (κ1) is 20.3. The van der Waals surface area contributed by atoms with Crippen LogP contribution in [0.4, 0.5) is 10.1 Å². The van der Waals surface area contributed by atoms with E-state index in [2.05, 4.69) is 22.2 Å².